The van der Waals surface area contributed by atoms with Crippen LogP contribution in [-0.2, 0) is 16.1 Å². The zero-order valence-electron chi connectivity index (χ0n) is 15.2. The Balaban J connectivity index is 1.77. The van der Waals surface area contributed by atoms with Crippen LogP contribution in [0.5, 0.6) is 0 Å². The van der Waals surface area contributed by atoms with E-state index < -0.39 is 0 Å². The Kier molecular flexibility index (Phi) is 5.86. The molecule has 3 rings (SSSR count). The van der Waals surface area contributed by atoms with Crippen molar-refractivity contribution in [3.05, 3.63) is 42.7 Å². The molecule has 5 heteroatoms. The minimum atomic E-state index is -0.363. The fourth-order valence-corrected chi connectivity index (χ4v) is 4.41. The third kappa shape index (κ3) is 3.93. The SMILES string of the molecule is C=CCN1C[C@H]2CN(Cc3ccccn3)CCC[C@@]2(C(=O)OCC)C1. The third-order valence-electron chi connectivity index (χ3n) is 5.52. The van der Waals surface area contributed by atoms with Crippen molar-refractivity contribution in [3.63, 3.8) is 0 Å². The zero-order chi connectivity index (χ0) is 17.7. The molecule has 2 atom stereocenters. The molecule has 0 spiro atoms. The molecule has 0 aromatic carbocycles. The molecule has 2 aliphatic heterocycles. The Bertz CT molecular complexity index is 592. The van der Waals surface area contributed by atoms with Gasteiger partial charge in [0.2, 0.25) is 0 Å². The molecule has 1 aromatic heterocycles. The van der Waals surface area contributed by atoms with Crippen molar-refractivity contribution in [1.29, 1.82) is 0 Å². The van der Waals surface area contributed by atoms with Gasteiger partial charge in [0.05, 0.1) is 17.7 Å². The van der Waals surface area contributed by atoms with Gasteiger partial charge in [-0.3, -0.25) is 19.6 Å². The zero-order valence-corrected chi connectivity index (χ0v) is 15.2. The normalized spacial score (nSPS) is 27.5. The maximum Gasteiger partial charge on any atom is 0.313 e. The van der Waals surface area contributed by atoms with Crippen LogP contribution in [0, 0.1) is 11.3 Å². The molecule has 2 saturated heterocycles. The fourth-order valence-electron chi connectivity index (χ4n) is 4.41. The van der Waals surface area contributed by atoms with Crippen molar-refractivity contribution >= 4 is 5.97 Å². The van der Waals surface area contributed by atoms with Gasteiger partial charge in [-0.2, -0.15) is 0 Å². The Morgan fingerprint density at radius 2 is 2.28 bits per heavy atom. The fraction of sp³-hybridized carbons (Fsp3) is 0.600. The van der Waals surface area contributed by atoms with E-state index in [1.807, 2.05) is 31.3 Å². The predicted octanol–water partition coefficient (Wildman–Crippen LogP) is 2.34. The van der Waals surface area contributed by atoms with Gasteiger partial charge >= 0.3 is 5.97 Å². The summed E-state index contributed by atoms with van der Waals surface area (Å²) in [5, 5.41) is 0. The van der Waals surface area contributed by atoms with Gasteiger partial charge in [-0.1, -0.05) is 12.1 Å². The number of hydrogen-bond acceptors (Lipinski definition) is 5. The van der Waals surface area contributed by atoms with Gasteiger partial charge in [0.15, 0.2) is 0 Å². The summed E-state index contributed by atoms with van der Waals surface area (Å²) in [6.45, 7) is 11.5. The van der Waals surface area contributed by atoms with E-state index >= 15 is 0 Å². The number of rotatable bonds is 6. The van der Waals surface area contributed by atoms with Crippen LogP contribution in [0.1, 0.15) is 25.5 Å². The van der Waals surface area contributed by atoms with E-state index in [0.29, 0.717) is 12.5 Å². The first-order valence-corrected chi connectivity index (χ1v) is 9.30. The molecule has 0 saturated carbocycles. The van der Waals surface area contributed by atoms with Crippen LogP contribution in [0.4, 0.5) is 0 Å². The highest BCUT2D eigenvalue weighted by Gasteiger charge is 2.53. The summed E-state index contributed by atoms with van der Waals surface area (Å²) in [7, 11) is 0. The Labute approximate surface area is 150 Å². The molecule has 0 radical (unpaired) electrons. The number of likely N-dealkylation sites (tertiary alicyclic amines) is 2. The summed E-state index contributed by atoms with van der Waals surface area (Å²) in [5.74, 6) is 0.295. The van der Waals surface area contributed by atoms with Crippen LogP contribution in [0.25, 0.3) is 0 Å². The average Bonchev–Trinajstić information content (AvgIpc) is 2.85. The summed E-state index contributed by atoms with van der Waals surface area (Å²) >= 11 is 0. The smallest absolute Gasteiger partial charge is 0.313 e. The molecule has 0 N–H and O–H groups in total. The second kappa shape index (κ2) is 8.11. The Hall–Kier alpha value is -1.72. The number of ether oxygens (including phenoxy) is 1. The Morgan fingerprint density at radius 1 is 1.44 bits per heavy atom. The summed E-state index contributed by atoms with van der Waals surface area (Å²) in [6.07, 6.45) is 5.69. The molecule has 136 valence electrons. The molecule has 1 aromatic rings. The quantitative estimate of drug-likeness (QED) is 0.586. The summed E-state index contributed by atoms with van der Waals surface area (Å²) in [6, 6.07) is 6.05. The van der Waals surface area contributed by atoms with Crippen molar-refractivity contribution in [2.24, 2.45) is 11.3 Å². The molecule has 0 bridgehead atoms. The van der Waals surface area contributed by atoms with Crippen molar-refractivity contribution in [2.45, 2.75) is 26.3 Å². The first-order valence-electron chi connectivity index (χ1n) is 9.30. The Morgan fingerprint density at radius 3 is 3.00 bits per heavy atom. The molecule has 25 heavy (non-hydrogen) atoms. The maximum absolute atomic E-state index is 12.9. The molecule has 5 nitrogen and oxygen atoms in total. The van der Waals surface area contributed by atoms with E-state index in [2.05, 4.69) is 27.4 Å². The standard InChI is InChI=1S/C20H29N3O2/c1-3-11-23-14-17-13-22(15-18-8-5-6-10-21-18)12-7-9-20(17,16-23)19(24)25-4-2/h3,5-6,8,10,17H,1,4,7,9,11-16H2,2H3/t17-,20-/m1/s1. The molecular formula is C20H29N3O2. The van der Waals surface area contributed by atoms with Crippen molar-refractivity contribution in [1.82, 2.24) is 14.8 Å². The van der Waals surface area contributed by atoms with E-state index in [0.717, 1.165) is 57.8 Å². The summed E-state index contributed by atoms with van der Waals surface area (Å²) < 4.78 is 5.50. The number of pyridine rings is 1. The van der Waals surface area contributed by atoms with E-state index in [1.54, 1.807) is 0 Å². The van der Waals surface area contributed by atoms with Crippen molar-refractivity contribution < 1.29 is 9.53 Å². The highest BCUT2D eigenvalue weighted by molar-refractivity contribution is 5.78. The maximum atomic E-state index is 12.9. The van der Waals surface area contributed by atoms with Crippen LogP contribution in [0.15, 0.2) is 37.1 Å². The van der Waals surface area contributed by atoms with Gasteiger partial charge in [0.25, 0.3) is 0 Å². The van der Waals surface area contributed by atoms with Crippen molar-refractivity contribution in [3.8, 4) is 0 Å². The lowest BCUT2D eigenvalue weighted by molar-refractivity contribution is -0.157. The van der Waals surface area contributed by atoms with Gasteiger partial charge < -0.3 is 4.74 Å². The lowest BCUT2D eigenvalue weighted by Crippen LogP contribution is -2.42. The molecule has 2 fully saturated rings. The average molecular weight is 343 g/mol. The van der Waals surface area contributed by atoms with Crippen molar-refractivity contribution in [2.75, 3.05) is 39.3 Å². The van der Waals surface area contributed by atoms with Gasteiger partial charge in [-0.15, -0.1) is 6.58 Å². The third-order valence-corrected chi connectivity index (χ3v) is 5.52. The number of fused-ring (bicyclic) bond motifs is 1. The molecular weight excluding hydrogens is 314 g/mol. The number of nitrogens with zero attached hydrogens (tertiary/aromatic N) is 3. The molecule has 0 aliphatic carbocycles. The van der Waals surface area contributed by atoms with Crippen LogP contribution in [-0.4, -0.2) is 60.1 Å². The lowest BCUT2D eigenvalue weighted by Gasteiger charge is -2.31. The second-order valence-corrected chi connectivity index (χ2v) is 7.22. The highest BCUT2D eigenvalue weighted by atomic mass is 16.5. The number of hydrogen-bond donors (Lipinski definition) is 0. The minimum Gasteiger partial charge on any atom is -0.466 e. The van der Waals surface area contributed by atoms with Crippen LogP contribution in [0.2, 0.25) is 0 Å². The van der Waals surface area contributed by atoms with Crippen LogP contribution < -0.4 is 0 Å². The topological polar surface area (TPSA) is 45.7 Å². The van der Waals surface area contributed by atoms with E-state index in [9.17, 15) is 4.79 Å². The van der Waals surface area contributed by atoms with E-state index in [1.165, 1.54) is 0 Å². The first-order chi connectivity index (χ1) is 12.2. The van der Waals surface area contributed by atoms with Gasteiger partial charge in [-0.05, 0) is 38.4 Å². The van der Waals surface area contributed by atoms with E-state index in [-0.39, 0.29) is 11.4 Å². The summed E-state index contributed by atoms with van der Waals surface area (Å²) in [5.41, 5.74) is 0.727. The number of carbonyl (C=O) groups is 1. The van der Waals surface area contributed by atoms with Gasteiger partial charge in [0.1, 0.15) is 0 Å². The minimum absolute atomic E-state index is 0.00810. The predicted molar refractivity (Wildman–Crippen MR) is 97.9 cm³/mol. The molecule has 0 unspecified atom stereocenters. The highest BCUT2D eigenvalue weighted by Crippen LogP contribution is 2.43. The number of aromatic nitrogens is 1. The molecule has 2 aliphatic rings. The number of esters is 1. The largest absolute Gasteiger partial charge is 0.466 e. The van der Waals surface area contributed by atoms with Crippen LogP contribution in [0.3, 0.4) is 0 Å². The second-order valence-electron chi connectivity index (χ2n) is 7.22. The lowest BCUT2D eigenvalue weighted by atomic mass is 9.75. The number of carbonyl (C=O) groups excluding carboxylic acids is 1. The van der Waals surface area contributed by atoms with Crippen LogP contribution >= 0.6 is 0 Å². The van der Waals surface area contributed by atoms with Gasteiger partial charge in [0, 0.05) is 44.8 Å². The first kappa shape index (κ1) is 18.1. The molecule has 0 amide bonds. The monoisotopic (exact) mass is 343 g/mol. The van der Waals surface area contributed by atoms with E-state index in [4.69, 9.17) is 4.74 Å². The van der Waals surface area contributed by atoms with Gasteiger partial charge in [-0.25, -0.2) is 0 Å². The summed E-state index contributed by atoms with van der Waals surface area (Å²) in [4.78, 5) is 22.1. The molecule has 3 heterocycles.